The molecule has 1 rings (SSSR count). The lowest BCUT2D eigenvalue weighted by atomic mass is 9.94. The fourth-order valence-electron chi connectivity index (χ4n) is 0.955. The van der Waals surface area contributed by atoms with Gasteiger partial charge in [0.25, 0.3) is 0 Å². The van der Waals surface area contributed by atoms with E-state index in [-0.39, 0.29) is 25.3 Å². The Morgan fingerprint density at radius 1 is 1.11 bits per heavy atom. The monoisotopic (exact) mass is 133 g/mol. The molecule has 0 saturated carbocycles. The van der Waals surface area contributed by atoms with Gasteiger partial charge in [0, 0.05) is 0 Å². The summed E-state index contributed by atoms with van der Waals surface area (Å²) in [4.78, 5) is 0. The normalized spacial score (nSPS) is 42.3. The van der Waals surface area contributed by atoms with Crippen LogP contribution in [0.4, 0.5) is 0 Å². The molecule has 0 amide bonds. The summed E-state index contributed by atoms with van der Waals surface area (Å²) in [5.41, 5.74) is 0. The highest BCUT2D eigenvalue weighted by Crippen LogP contribution is 2.10. The molecular formula is C5H11NO3. The summed E-state index contributed by atoms with van der Waals surface area (Å²) in [6.45, 7) is -0.144. The van der Waals surface area contributed by atoms with Crippen molar-refractivity contribution in [3.8, 4) is 0 Å². The van der Waals surface area contributed by atoms with Gasteiger partial charge in [0.2, 0.25) is 0 Å². The number of aliphatic hydroxyl groups excluding tert-OH is 3. The van der Waals surface area contributed by atoms with Crippen molar-refractivity contribution in [2.75, 3.05) is 13.2 Å². The molecule has 4 N–H and O–H groups in total. The Kier molecular flexibility index (Phi) is 2.02. The number of aliphatic hydroxyl groups is 3. The third-order valence-electron chi connectivity index (χ3n) is 1.65. The van der Waals surface area contributed by atoms with Gasteiger partial charge in [-0.25, -0.2) is 0 Å². The molecule has 1 saturated heterocycles. The second-order valence-electron chi connectivity index (χ2n) is 2.24. The Morgan fingerprint density at radius 3 is 1.78 bits per heavy atom. The van der Waals surface area contributed by atoms with Crippen molar-refractivity contribution in [3.05, 3.63) is 0 Å². The van der Waals surface area contributed by atoms with Crippen LogP contribution in [0.3, 0.4) is 0 Å². The maximum atomic E-state index is 8.98. The molecule has 1 aliphatic heterocycles. The molecule has 0 aromatic carbocycles. The van der Waals surface area contributed by atoms with E-state index in [4.69, 9.17) is 15.3 Å². The van der Waals surface area contributed by atoms with Gasteiger partial charge in [0.15, 0.2) is 0 Å². The van der Waals surface area contributed by atoms with Crippen LogP contribution in [-0.2, 0) is 0 Å². The van der Waals surface area contributed by atoms with Gasteiger partial charge in [-0.1, -0.05) is 0 Å². The van der Waals surface area contributed by atoms with Crippen LogP contribution in [0, 0.1) is 0 Å². The van der Waals surface area contributed by atoms with Gasteiger partial charge < -0.3 is 20.6 Å². The Labute approximate surface area is 53.1 Å². The van der Waals surface area contributed by atoms with E-state index >= 15 is 0 Å². The lowest BCUT2D eigenvalue weighted by Crippen LogP contribution is -2.68. The van der Waals surface area contributed by atoms with E-state index in [0.717, 1.165) is 0 Å². The smallest absolute Gasteiger partial charge is 0.0890 e. The number of hydrogen-bond donors (Lipinski definition) is 4. The highest BCUT2D eigenvalue weighted by atomic mass is 16.3. The predicted molar refractivity (Wildman–Crippen MR) is 30.9 cm³/mol. The first-order chi connectivity index (χ1) is 4.29. The predicted octanol–water partition coefficient (Wildman–Crippen LogP) is -2.33. The first-order valence-corrected chi connectivity index (χ1v) is 2.95. The summed E-state index contributed by atoms with van der Waals surface area (Å²) in [6, 6.07) is -0.468. The van der Waals surface area contributed by atoms with Crippen molar-refractivity contribution >= 4 is 0 Å². The molecule has 9 heavy (non-hydrogen) atoms. The van der Waals surface area contributed by atoms with E-state index in [0.29, 0.717) is 0 Å². The van der Waals surface area contributed by atoms with Crippen LogP contribution in [0.1, 0.15) is 0 Å². The van der Waals surface area contributed by atoms with Crippen LogP contribution in [-0.4, -0.2) is 46.7 Å². The van der Waals surface area contributed by atoms with Crippen LogP contribution in [0.15, 0.2) is 0 Å². The van der Waals surface area contributed by atoms with Gasteiger partial charge in [0.1, 0.15) is 0 Å². The molecule has 0 radical (unpaired) electrons. The van der Waals surface area contributed by atoms with Crippen LogP contribution in [0.5, 0.6) is 0 Å². The molecule has 2 atom stereocenters. The maximum absolute atomic E-state index is 8.98. The molecule has 1 fully saturated rings. The van der Waals surface area contributed by atoms with Crippen LogP contribution in [0.25, 0.3) is 0 Å². The van der Waals surface area contributed by atoms with Crippen LogP contribution < -0.4 is 5.32 Å². The highest BCUT2D eigenvalue weighted by Gasteiger charge is 2.37. The van der Waals surface area contributed by atoms with E-state index in [1.165, 1.54) is 0 Å². The minimum Gasteiger partial charge on any atom is -0.395 e. The highest BCUT2D eigenvalue weighted by molar-refractivity contribution is 4.97. The van der Waals surface area contributed by atoms with Crippen LogP contribution >= 0.6 is 0 Å². The molecule has 1 heterocycles. The van der Waals surface area contributed by atoms with Crippen molar-refractivity contribution in [1.29, 1.82) is 0 Å². The Hall–Kier alpha value is -0.160. The Morgan fingerprint density at radius 2 is 1.56 bits per heavy atom. The van der Waals surface area contributed by atoms with E-state index in [2.05, 4.69) is 5.32 Å². The van der Waals surface area contributed by atoms with Gasteiger partial charge in [-0.3, -0.25) is 0 Å². The van der Waals surface area contributed by atoms with Gasteiger partial charge in [-0.2, -0.15) is 0 Å². The van der Waals surface area contributed by atoms with Crippen molar-refractivity contribution in [2.24, 2.45) is 0 Å². The van der Waals surface area contributed by atoms with Crippen LogP contribution in [0.2, 0.25) is 0 Å². The third-order valence-corrected chi connectivity index (χ3v) is 1.65. The van der Waals surface area contributed by atoms with E-state index in [9.17, 15) is 0 Å². The quantitative estimate of drug-likeness (QED) is 0.341. The lowest BCUT2D eigenvalue weighted by molar-refractivity contribution is -0.0348. The SMILES string of the molecule is OCC1NC(CO)C1O. The van der Waals surface area contributed by atoms with E-state index in [1.54, 1.807) is 0 Å². The number of nitrogens with one attached hydrogen (secondary N) is 1. The summed E-state index contributed by atoms with van der Waals surface area (Å²) in [5, 5.41) is 28.7. The summed E-state index contributed by atoms with van der Waals surface area (Å²) in [7, 11) is 0. The lowest BCUT2D eigenvalue weighted by Gasteiger charge is -2.40. The molecular weight excluding hydrogens is 122 g/mol. The first-order valence-electron chi connectivity index (χ1n) is 2.95. The van der Waals surface area contributed by atoms with E-state index < -0.39 is 6.10 Å². The van der Waals surface area contributed by atoms with Crippen molar-refractivity contribution in [3.63, 3.8) is 0 Å². The zero-order valence-electron chi connectivity index (χ0n) is 4.99. The van der Waals surface area contributed by atoms with Gasteiger partial charge >= 0.3 is 0 Å². The standard InChI is InChI=1S/C5H11NO3/c7-1-3-5(9)4(2-8)6-3/h3-9H,1-2H2. The molecule has 4 heteroatoms. The zero-order valence-corrected chi connectivity index (χ0v) is 4.99. The van der Waals surface area contributed by atoms with Crippen molar-refractivity contribution < 1.29 is 15.3 Å². The second kappa shape index (κ2) is 2.62. The summed E-state index contributed by atoms with van der Waals surface area (Å²) in [6.07, 6.45) is -0.583. The largest absolute Gasteiger partial charge is 0.395 e. The average molecular weight is 133 g/mol. The van der Waals surface area contributed by atoms with Crippen molar-refractivity contribution in [1.82, 2.24) is 5.32 Å². The molecule has 0 aromatic heterocycles. The Balaban J connectivity index is 2.24. The third kappa shape index (κ3) is 1.07. The summed E-state index contributed by atoms with van der Waals surface area (Å²) in [5.74, 6) is 0. The fourth-order valence-corrected chi connectivity index (χ4v) is 0.955. The van der Waals surface area contributed by atoms with Gasteiger partial charge in [-0.05, 0) is 0 Å². The molecule has 4 nitrogen and oxygen atoms in total. The minimum atomic E-state index is -0.583. The molecule has 54 valence electrons. The van der Waals surface area contributed by atoms with Gasteiger partial charge in [0.05, 0.1) is 31.4 Å². The number of hydrogen-bond acceptors (Lipinski definition) is 4. The molecule has 0 aromatic rings. The van der Waals surface area contributed by atoms with Gasteiger partial charge in [-0.15, -0.1) is 0 Å². The summed E-state index contributed by atoms with van der Waals surface area (Å²) < 4.78 is 0. The first kappa shape index (κ1) is 6.95. The van der Waals surface area contributed by atoms with E-state index in [1.807, 2.05) is 0 Å². The average Bonchev–Trinajstić information content (AvgIpc) is 1.87. The fraction of sp³-hybridized carbons (Fsp3) is 1.00. The Bertz CT molecular complexity index is 88.2. The molecule has 0 spiro atoms. The molecule has 0 bridgehead atoms. The maximum Gasteiger partial charge on any atom is 0.0890 e. The number of rotatable bonds is 2. The molecule has 0 aliphatic carbocycles. The second-order valence-corrected chi connectivity index (χ2v) is 2.24. The molecule has 1 aliphatic rings. The van der Waals surface area contributed by atoms with Crippen molar-refractivity contribution in [2.45, 2.75) is 18.2 Å². The zero-order chi connectivity index (χ0) is 6.85. The topological polar surface area (TPSA) is 72.7 Å². The summed E-state index contributed by atoms with van der Waals surface area (Å²) >= 11 is 0. The minimum absolute atomic E-state index is 0.0718. The molecule has 2 unspecified atom stereocenters.